The van der Waals surface area contributed by atoms with Crippen LogP contribution in [0.2, 0.25) is 0 Å². The molecule has 1 amide bonds. The molecule has 0 aliphatic carbocycles. The first kappa shape index (κ1) is 14.8. The number of carbonyl (C=O) groups excluding carboxylic acids is 1. The van der Waals surface area contributed by atoms with Crippen LogP contribution >= 0.6 is 0 Å². The van der Waals surface area contributed by atoms with Crippen LogP contribution in [-0.4, -0.2) is 58.6 Å². The smallest absolute Gasteiger partial charge is 0.237 e. The van der Waals surface area contributed by atoms with Crippen molar-refractivity contribution in [1.82, 2.24) is 9.80 Å². The van der Waals surface area contributed by atoms with Crippen LogP contribution in [0.25, 0.3) is 0 Å². The van der Waals surface area contributed by atoms with Crippen LogP contribution in [0.1, 0.15) is 46.5 Å². The van der Waals surface area contributed by atoms with E-state index in [0.717, 1.165) is 32.4 Å². The lowest BCUT2D eigenvalue weighted by Crippen LogP contribution is -2.50. The molecule has 0 bridgehead atoms. The van der Waals surface area contributed by atoms with Crippen LogP contribution in [0.5, 0.6) is 0 Å². The molecular formula is C15H28N2O2. The minimum atomic E-state index is -0.257. The van der Waals surface area contributed by atoms with Crippen molar-refractivity contribution in [3.63, 3.8) is 0 Å². The van der Waals surface area contributed by atoms with E-state index >= 15 is 0 Å². The number of hydrogen-bond donors (Lipinski definition) is 1. The van der Waals surface area contributed by atoms with Gasteiger partial charge in [-0.15, -0.1) is 0 Å². The molecule has 4 unspecified atom stereocenters. The number of rotatable bonds is 3. The largest absolute Gasteiger partial charge is 0.393 e. The molecule has 19 heavy (non-hydrogen) atoms. The Hall–Kier alpha value is -0.610. The van der Waals surface area contributed by atoms with E-state index in [4.69, 9.17) is 0 Å². The van der Waals surface area contributed by atoms with E-state index in [1.165, 1.54) is 6.42 Å². The summed E-state index contributed by atoms with van der Waals surface area (Å²) >= 11 is 0. The highest BCUT2D eigenvalue weighted by Crippen LogP contribution is 2.24. The maximum absolute atomic E-state index is 12.5. The molecule has 0 spiro atoms. The van der Waals surface area contributed by atoms with Crippen molar-refractivity contribution in [2.45, 2.75) is 64.6 Å². The number of likely N-dealkylation sites (tertiary alicyclic amines) is 2. The Morgan fingerprint density at radius 3 is 2.42 bits per heavy atom. The standard InChI is InChI=1S/C15H28N2O2/c1-11-5-4-6-12(2)17(11)15(19)10-16-8-7-14(9-16)13(3)18/h11-14,18H,4-10H2,1-3H3. The maximum Gasteiger partial charge on any atom is 0.237 e. The van der Waals surface area contributed by atoms with Crippen molar-refractivity contribution in [3.8, 4) is 0 Å². The average Bonchev–Trinajstić information content (AvgIpc) is 2.77. The molecule has 0 aromatic carbocycles. The fourth-order valence-electron chi connectivity index (χ4n) is 3.59. The molecule has 2 aliphatic rings. The molecule has 2 rings (SSSR count). The highest BCUT2D eigenvalue weighted by molar-refractivity contribution is 5.79. The second-order valence-corrected chi connectivity index (χ2v) is 6.45. The summed E-state index contributed by atoms with van der Waals surface area (Å²) in [7, 11) is 0. The van der Waals surface area contributed by atoms with Crippen LogP contribution in [0.4, 0.5) is 0 Å². The summed E-state index contributed by atoms with van der Waals surface area (Å²) in [5, 5.41) is 9.61. The SMILES string of the molecule is CC(O)C1CCN(CC(=O)N2C(C)CCCC2C)C1. The molecule has 2 heterocycles. The number of amides is 1. The Morgan fingerprint density at radius 2 is 1.89 bits per heavy atom. The summed E-state index contributed by atoms with van der Waals surface area (Å²) in [5.41, 5.74) is 0. The van der Waals surface area contributed by atoms with Gasteiger partial charge in [-0.25, -0.2) is 0 Å². The van der Waals surface area contributed by atoms with E-state index < -0.39 is 0 Å². The molecule has 4 atom stereocenters. The molecule has 110 valence electrons. The molecule has 0 aromatic heterocycles. The summed E-state index contributed by atoms with van der Waals surface area (Å²) in [6, 6.07) is 0.762. The van der Waals surface area contributed by atoms with E-state index in [-0.39, 0.29) is 12.0 Å². The molecule has 4 nitrogen and oxygen atoms in total. The number of aliphatic hydroxyl groups is 1. The van der Waals surface area contributed by atoms with Gasteiger partial charge < -0.3 is 10.0 Å². The normalized spacial score (nSPS) is 34.5. The van der Waals surface area contributed by atoms with Gasteiger partial charge >= 0.3 is 0 Å². The number of aliphatic hydroxyl groups excluding tert-OH is 1. The number of carbonyl (C=O) groups is 1. The Morgan fingerprint density at radius 1 is 1.26 bits per heavy atom. The van der Waals surface area contributed by atoms with Gasteiger partial charge in [0.25, 0.3) is 0 Å². The minimum absolute atomic E-state index is 0.257. The van der Waals surface area contributed by atoms with Crippen LogP contribution in [0, 0.1) is 5.92 Å². The minimum Gasteiger partial charge on any atom is -0.393 e. The molecular weight excluding hydrogens is 240 g/mol. The third-order valence-electron chi connectivity index (χ3n) is 4.83. The molecule has 2 fully saturated rings. The lowest BCUT2D eigenvalue weighted by molar-refractivity contribution is -0.138. The predicted molar refractivity (Wildman–Crippen MR) is 75.8 cm³/mol. The molecule has 0 radical (unpaired) electrons. The molecule has 2 saturated heterocycles. The highest BCUT2D eigenvalue weighted by Gasteiger charge is 2.32. The first-order valence-electron chi connectivity index (χ1n) is 7.70. The van der Waals surface area contributed by atoms with E-state index in [1.54, 1.807) is 0 Å². The lowest BCUT2D eigenvalue weighted by atomic mass is 9.97. The summed E-state index contributed by atoms with van der Waals surface area (Å²) in [6.07, 6.45) is 4.25. The number of hydrogen-bond acceptors (Lipinski definition) is 3. The van der Waals surface area contributed by atoms with Crippen LogP contribution in [0.15, 0.2) is 0 Å². The third kappa shape index (κ3) is 3.48. The van der Waals surface area contributed by atoms with Crippen molar-refractivity contribution >= 4 is 5.91 Å². The van der Waals surface area contributed by atoms with Gasteiger partial charge in [-0.1, -0.05) is 0 Å². The summed E-state index contributed by atoms with van der Waals surface area (Å²) in [6.45, 7) is 8.51. The van der Waals surface area contributed by atoms with E-state index in [2.05, 4.69) is 23.6 Å². The van der Waals surface area contributed by atoms with Crippen molar-refractivity contribution < 1.29 is 9.90 Å². The Bertz CT molecular complexity index is 309. The van der Waals surface area contributed by atoms with Crippen molar-refractivity contribution in [3.05, 3.63) is 0 Å². The first-order valence-corrected chi connectivity index (χ1v) is 7.70. The van der Waals surface area contributed by atoms with Crippen molar-refractivity contribution in [2.75, 3.05) is 19.6 Å². The quantitative estimate of drug-likeness (QED) is 0.843. The monoisotopic (exact) mass is 268 g/mol. The number of piperidine rings is 1. The van der Waals surface area contributed by atoms with Gasteiger partial charge in [0.1, 0.15) is 0 Å². The van der Waals surface area contributed by atoms with E-state index in [0.29, 0.717) is 24.5 Å². The van der Waals surface area contributed by atoms with Gasteiger partial charge in [-0.2, -0.15) is 0 Å². The zero-order chi connectivity index (χ0) is 14.0. The fraction of sp³-hybridized carbons (Fsp3) is 0.933. The second-order valence-electron chi connectivity index (χ2n) is 6.45. The zero-order valence-corrected chi connectivity index (χ0v) is 12.5. The van der Waals surface area contributed by atoms with Gasteiger partial charge in [0.05, 0.1) is 12.6 Å². The van der Waals surface area contributed by atoms with Gasteiger partial charge in [0.2, 0.25) is 5.91 Å². The molecule has 2 aliphatic heterocycles. The first-order chi connectivity index (χ1) is 8.99. The lowest BCUT2D eigenvalue weighted by Gasteiger charge is -2.39. The van der Waals surface area contributed by atoms with Crippen LogP contribution < -0.4 is 0 Å². The van der Waals surface area contributed by atoms with Crippen molar-refractivity contribution in [1.29, 1.82) is 0 Å². The summed E-state index contributed by atoms with van der Waals surface area (Å²) < 4.78 is 0. The Balaban J connectivity index is 1.87. The van der Waals surface area contributed by atoms with Crippen molar-refractivity contribution in [2.24, 2.45) is 5.92 Å². The van der Waals surface area contributed by atoms with Crippen LogP contribution in [0.3, 0.4) is 0 Å². The predicted octanol–water partition coefficient (Wildman–Crippen LogP) is 1.48. The average molecular weight is 268 g/mol. The van der Waals surface area contributed by atoms with Gasteiger partial charge in [0.15, 0.2) is 0 Å². The van der Waals surface area contributed by atoms with E-state index in [9.17, 15) is 9.90 Å². The second kappa shape index (κ2) is 6.23. The fourth-order valence-corrected chi connectivity index (χ4v) is 3.59. The van der Waals surface area contributed by atoms with E-state index in [1.807, 2.05) is 6.92 Å². The van der Waals surface area contributed by atoms with Gasteiger partial charge in [-0.3, -0.25) is 9.69 Å². The summed E-state index contributed by atoms with van der Waals surface area (Å²) in [4.78, 5) is 16.8. The van der Waals surface area contributed by atoms with Gasteiger partial charge in [0, 0.05) is 18.6 Å². The maximum atomic E-state index is 12.5. The van der Waals surface area contributed by atoms with Crippen LogP contribution in [-0.2, 0) is 4.79 Å². The summed E-state index contributed by atoms with van der Waals surface area (Å²) in [5.74, 6) is 0.606. The third-order valence-corrected chi connectivity index (χ3v) is 4.83. The Labute approximate surface area is 116 Å². The molecule has 1 N–H and O–H groups in total. The zero-order valence-electron chi connectivity index (χ0n) is 12.5. The highest BCUT2D eigenvalue weighted by atomic mass is 16.3. The molecule has 0 aromatic rings. The topological polar surface area (TPSA) is 43.8 Å². The molecule has 4 heteroatoms. The molecule has 0 saturated carbocycles. The van der Waals surface area contributed by atoms with Gasteiger partial charge in [-0.05, 0) is 58.9 Å². The number of nitrogens with zero attached hydrogens (tertiary/aromatic N) is 2. The Kier molecular flexibility index (Phi) is 4.85.